The Kier molecular flexibility index (Phi) is 11.2. The van der Waals surface area contributed by atoms with E-state index in [2.05, 4.69) is 199 Å². The fourth-order valence-electron chi connectivity index (χ4n) is 7.74. The third-order valence-corrected chi connectivity index (χ3v) is 11.1. The Hall–Kier alpha value is -6.39. The van der Waals surface area contributed by atoms with E-state index in [0.29, 0.717) is 11.5 Å². The van der Waals surface area contributed by atoms with Gasteiger partial charge in [0.05, 0.1) is 11.0 Å². The van der Waals surface area contributed by atoms with E-state index in [1.54, 1.807) is 0 Å². The molecule has 0 unspecified atom stereocenters. The van der Waals surface area contributed by atoms with Gasteiger partial charge in [-0.2, -0.15) is 6.07 Å². The first-order valence-electron chi connectivity index (χ1n) is 20.0. The molecular weight excluding hydrogens is 829 g/mol. The van der Waals surface area contributed by atoms with Gasteiger partial charge in [-0.1, -0.05) is 130 Å². The van der Waals surface area contributed by atoms with Crippen LogP contribution >= 0.6 is 0 Å². The van der Waals surface area contributed by atoms with E-state index in [1.165, 1.54) is 22.0 Å². The Bertz CT molecular complexity index is 2850. The maximum absolute atomic E-state index is 6.49. The summed E-state index contributed by atoms with van der Waals surface area (Å²) in [5, 5.41) is 2.27. The van der Waals surface area contributed by atoms with Gasteiger partial charge in [0.25, 0.3) is 0 Å². The summed E-state index contributed by atoms with van der Waals surface area (Å²) in [5.74, 6) is 1.29. The van der Waals surface area contributed by atoms with Gasteiger partial charge in [0, 0.05) is 72.0 Å². The van der Waals surface area contributed by atoms with E-state index in [9.17, 15) is 0 Å². The average molecular weight is 875 g/mol. The molecule has 7 heteroatoms. The number of aromatic amines is 1. The van der Waals surface area contributed by atoms with Gasteiger partial charge >= 0.3 is 0 Å². The van der Waals surface area contributed by atoms with Gasteiger partial charge in [-0.3, -0.25) is 4.98 Å². The first-order chi connectivity index (χ1) is 28.6. The van der Waals surface area contributed by atoms with Gasteiger partial charge in [0.2, 0.25) is 0 Å². The van der Waals surface area contributed by atoms with Crippen molar-refractivity contribution in [3.63, 3.8) is 0 Å². The minimum Gasteiger partial charge on any atom is -0.509 e. The molecule has 60 heavy (non-hydrogen) atoms. The van der Waals surface area contributed by atoms with Gasteiger partial charge in [-0.25, -0.2) is 0 Å². The van der Waals surface area contributed by atoms with Crippen LogP contribution in [-0.4, -0.2) is 14.5 Å². The van der Waals surface area contributed by atoms with Gasteiger partial charge in [-0.15, -0.1) is 48.3 Å². The maximum atomic E-state index is 6.49. The third kappa shape index (κ3) is 7.99. The Morgan fingerprint density at radius 1 is 0.583 bits per heavy atom. The SMILES string of the molecule is CC(C)(C)c1cc(Oc2[c-]c3[nH]c4c5ccccc5n(-c5ccccc5)c4c3cc2)[c-]c(N2C=CN(c3ccccc3)[CH-]2)c1.CC(C)(c1ccccc1)c1ccncc1.[Pd]. The predicted molar refractivity (Wildman–Crippen MR) is 243 cm³/mol. The van der Waals surface area contributed by atoms with Crippen LogP contribution in [0.4, 0.5) is 11.4 Å². The second kappa shape index (κ2) is 16.7. The molecule has 6 aromatic carbocycles. The van der Waals surface area contributed by atoms with Crippen molar-refractivity contribution in [2.45, 2.75) is 45.4 Å². The molecule has 10 rings (SSSR count). The van der Waals surface area contributed by atoms with Gasteiger partial charge in [0.15, 0.2) is 0 Å². The number of hydrogen-bond acceptors (Lipinski definition) is 4. The van der Waals surface area contributed by atoms with Crippen molar-refractivity contribution in [2.24, 2.45) is 0 Å². The number of benzene rings is 6. The van der Waals surface area contributed by atoms with Crippen LogP contribution in [-0.2, 0) is 31.3 Å². The van der Waals surface area contributed by atoms with E-state index in [1.807, 2.05) is 55.0 Å². The second-order valence-corrected chi connectivity index (χ2v) is 16.4. The van der Waals surface area contributed by atoms with Crippen molar-refractivity contribution >= 4 is 44.2 Å². The van der Waals surface area contributed by atoms with Crippen molar-refractivity contribution in [3.8, 4) is 17.2 Å². The van der Waals surface area contributed by atoms with Crippen molar-refractivity contribution in [1.82, 2.24) is 14.5 Å². The molecular formula is C53H46N5OPd-3. The van der Waals surface area contributed by atoms with Gasteiger partial charge in [-0.05, 0) is 71.4 Å². The van der Waals surface area contributed by atoms with Crippen LogP contribution in [0.15, 0.2) is 176 Å². The molecule has 0 atom stereocenters. The number of anilines is 2. The van der Waals surface area contributed by atoms with Crippen molar-refractivity contribution < 1.29 is 25.2 Å². The fourth-order valence-corrected chi connectivity index (χ4v) is 7.74. The number of pyridine rings is 1. The first kappa shape index (κ1) is 40.4. The molecule has 1 aliphatic rings. The van der Waals surface area contributed by atoms with Gasteiger partial charge < -0.3 is 24.1 Å². The number of para-hydroxylation sites is 3. The Morgan fingerprint density at radius 2 is 1.20 bits per heavy atom. The molecule has 1 aliphatic heterocycles. The Morgan fingerprint density at radius 3 is 1.90 bits per heavy atom. The van der Waals surface area contributed by atoms with E-state index in [0.717, 1.165) is 44.6 Å². The maximum Gasteiger partial charge on any atom is 0.0585 e. The largest absolute Gasteiger partial charge is 0.509 e. The van der Waals surface area contributed by atoms with Gasteiger partial charge in [0.1, 0.15) is 0 Å². The average Bonchev–Trinajstić information content (AvgIpc) is 3.99. The molecule has 0 bridgehead atoms. The molecule has 302 valence electrons. The number of ether oxygens (including phenoxy) is 1. The molecule has 0 amide bonds. The monoisotopic (exact) mass is 874 g/mol. The second-order valence-electron chi connectivity index (χ2n) is 16.4. The number of hydrogen-bond donors (Lipinski definition) is 1. The van der Waals surface area contributed by atoms with Crippen LogP contribution in [0.5, 0.6) is 11.5 Å². The Labute approximate surface area is 366 Å². The van der Waals surface area contributed by atoms with Crippen LogP contribution in [0.3, 0.4) is 0 Å². The summed E-state index contributed by atoms with van der Waals surface area (Å²) in [4.78, 5) is 11.9. The van der Waals surface area contributed by atoms with E-state index in [-0.39, 0.29) is 31.3 Å². The van der Waals surface area contributed by atoms with Crippen LogP contribution in [0.1, 0.15) is 51.3 Å². The molecule has 9 aromatic rings. The molecule has 0 saturated heterocycles. The summed E-state index contributed by atoms with van der Waals surface area (Å²) < 4.78 is 8.82. The zero-order valence-electron chi connectivity index (χ0n) is 34.3. The molecule has 3 aromatic heterocycles. The third-order valence-electron chi connectivity index (χ3n) is 11.1. The Balaban J connectivity index is 0.000000264. The molecule has 0 spiro atoms. The molecule has 0 radical (unpaired) electrons. The van der Waals surface area contributed by atoms with Crippen molar-refractivity contribution in [1.29, 1.82) is 0 Å². The van der Waals surface area contributed by atoms with Crippen molar-refractivity contribution in [2.75, 3.05) is 9.80 Å². The first-order valence-corrected chi connectivity index (χ1v) is 20.0. The summed E-state index contributed by atoms with van der Waals surface area (Å²) >= 11 is 0. The fraction of sp³-hybridized carbons (Fsp3) is 0.132. The standard InChI is InChI=1S/C39H31N4O.C14H15N.Pd/c1-39(2,3)27-22-30(42-21-20-41(26-42)28-12-6-4-7-13-28)24-32(23-27)44-31-18-19-33-35(25-31)40-37-34-16-10-11-17-36(34)43(38(33)37)29-14-8-5-9-15-29;1-14(2,12-6-4-3-5-7-12)13-8-10-15-11-9-13;/h4-23,26,40H,1-3H3;3-11H,1-2H3;/q-3;;. The minimum atomic E-state index is -0.0767. The summed E-state index contributed by atoms with van der Waals surface area (Å²) in [6.45, 7) is 13.2. The summed E-state index contributed by atoms with van der Waals surface area (Å²) in [6.07, 6.45) is 7.79. The van der Waals surface area contributed by atoms with Crippen molar-refractivity contribution in [3.05, 3.63) is 212 Å². The summed E-state index contributed by atoms with van der Waals surface area (Å²) in [7, 11) is 0. The van der Waals surface area contributed by atoms with Crippen LogP contribution in [0.25, 0.3) is 38.5 Å². The smallest absolute Gasteiger partial charge is 0.0585 e. The molecule has 0 saturated carbocycles. The number of nitrogens with one attached hydrogen (secondary N) is 1. The predicted octanol–water partition coefficient (Wildman–Crippen LogP) is 13.3. The van der Waals surface area contributed by atoms with Crippen LogP contribution < -0.4 is 14.5 Å². The molecule has 6 nitrogen and oxygen atoms in total. The van der Waals surface area contributed by atoms with E-state index in [4.69, 9.17) is 4.74 Å². The topological polar surface area (TPSA) is 49.3 Å². The number of nitrogens with zero attached hydrogens (tertiary/aromatic N) is 4. The quantitative estimate of drug-likeness (QED) is 0.128. The van der Waals surface area contributed by atoms with Crippen LogP contribution in [0.2, 0.25) is 0 Å². The molecule has 0 aliphatic carbocycles. The number of fused-ring (bicyclic) bond motifs is 5. The summed E-state index contributed by atoms with van der Waals surface area (Å²) in [5.41, 5.74) is 11.2. The molecule has 1 N–H and O–H groups in total. The number of rotatable bonds is 7. The van der Waals surface area contributed by atoms with E-state index >= 15 is 0 Å². The minimum absolute atomic E-state index is 0. The van der Waals surface area contributed by atoms with E-state index < -0.39 is 0 Å². The van der Waals surface area contributed by atoms with Crippen LogP contribution in [0, 0.1) is 18.8 Å². The summed E-state index contributed by atoms with van der Waals surface area (Å²) in [6, 6.07) is 59.4. The number of H-pyrrole nitrogens is 1. The molecule has 4 heterocycles. The molecule has 0 fully saturated rings. The number of aromatic nitrogens is 3. The zero-order valence-corrected chi connectivity index (χ0v) is 35.9. The normalized spacial score (nSPS) is 12.8. The zero-order chi connectivity index (χ0) is 40.6.